The lowest BCUT2D eigenvalue weighted by Crippen LogP contribution is -2.07. The summed E-state index contributed by atoms with van der Waals surface area (Å²) in [5, 5.41) is 15.9. The maximum absolute atomic E-state index is 5.89. The van der Waals surface area contributed by atoms with Crippen molar-refractivity contribution in [3.05, 3.63) is 41.5 Å². The molecule has 2 N–H and O–H groups in total. The molecule has 5 heteroatoms. The number of benzene rings is 1. The van der Waals surface area contributed by atoms with Gasteiger partial charge in [-0.15, -0.1) is 10.2 Å². The van der Waals surface area contributed by atoms with E-state index in [9.17, 15) is 0 Å². The second kappa shape index (κ2) is 4.61. The van der Waals surface area contributed by atoms with Gasteiger partial charge in [0.05, 0.1) is 11.6 Å². The van der Waals surface area contributed by atoms with Gasteiger partial charge in [0.1, 0.15) is 5.82 Å². The summed E-state index contributed by atoms with van der Waals surface area (Å²) in [5.74, 6) is 0.403. The van der Waals surface area contributed by atoms with Gasteiger partial charge in [0, 0.05) is 23.6 Å². The topological polar surface area (TPSA) is 76.5 Å². The number of nitrogens with two attached hydrogens (primary N) is 1. The fraction of sp³-hybridized carbons (Fsp3) is 0.143. The average molecular weight is 251 g/mol. The van der Waals surface area contributed by atoms with E-state index in [1.54, 1.807) is 12.4 Å². The number of nitrogens with zero attached hydrogens (tertiary/aromatic N) is 4. The number of hydrogen-bond acceptors (Lipinski definition) is 5. The Morgan fingerprint density at radius 3 is 2.53 bits per heavy atom. The second-order valence-electron chi connectivity index (χ2n) is 4.44. The largest absolute Gasteiger partial charge is 0.382 e. The van der Waals surface area contributed by atoms with Crippen LogP contribution in [0.1, 0.15) is 17.0 Å². The highest BCUT2D eigenvalue weighted by atomic mass is 15.2. The molecule has 94 valence electrons. The van der Waals surface area contributed by atoms with Crippen LogP contribution in [0.2, 0.25) is 0 Å². The zero-order valence-electron chi connectivity index (χ0n) is 10.5. The lowest BCUT2D eigenvalue weighted by Gasteiger charge is -2.10. The summed E-state index contributed by atoms with van der Waals surface area (Å²) in [5.41, 5.74) is 9.80. The predicted molar refractivity (Wildman–Crippen MR) is 76.3 cm³/mol. The molecule has 0 amide bonds. The molecule has 0 fully saturated rings. The molecule has 0 saturated heterocycles. The minimum atomic E-state index is -0.0155. The van der Waals surface area contributed by atoms with Crippen LogP contribution >= 0.6 is 0 Å². The van der Waals surface area contributed by atoms with E-state index < -0.39 is 0 Å². The van der Waals surface area contributed by atoms with Gasteiger partial charge in [-0.25, -0.2) is 0 Å². The standard InChI is InChI=1S/C14H13N5/c1-9-4-2-3-5-11(9)13-6-12(14(15)19-18-13)10-7-16-17-8-10/h2-8,10H,1H3,(H2,15,19). The monoisotopic (exact) mass is 251 g/mol. The van der Waals surface area contributed by atoms with E-state index in [2.05, 4.69) is 20.4 Å². The predicted octanol–water partition coefficient (Wildman–Crippen LogP) is 2.19. The fourth-order valence-corrected chi connectivity index (χ4v) is 2.09. The molecule has 0 atom stereocenters. The van der Waals surface area contributed by atoms with Gasteiger partial charge in [-0.1, -0.05) is 24.3 Å². The quantitative estimate of drug-likeness (QED) is 0.888. The molecular formula is C14H13N5. The Bertz CT molecular complexity index is 663. The van der Waals surface area contributed by atoms with Crippen LogP contribution in [-0.4, -0.2) is 22.6 Å². The Kier molecular flexibility index (Phi) is 2.79. The zero-order chi connectivity index (χ0) is 13.2. The number of rotatable bonds is 2. The molecule has 0 bridgehead atoms. The number of nitrogen functional groups attached to an aromatic ring is 1. The van der Waals surface area contributed by atoms with Gasteiger partial charge in [-0.05, 0) is 18.6 Å². The van der Waals surface area contributed by atoms with Crippen molar-refractivity contribution in [1.82, 2.24) is 10.2 Å². The van der Waals surface area contributed by atoms with E-state index >= 15 is 0 Å². The van der Waals surface area contributed by atoms with Gasteiger partial charge >= 0.3 is 0 Å². The van der Waals surface area contributed by atoms with Gasteiger partial charge in [0.2, 0.25) is 0 Å². The number of aromatic nitrogens is 2. The molecule has 2 aromatic rings. The Hall–Kier alpha value is -2.56. The van der Waals surface area contributed by atoms with Crippen molar-refractivity contribution in [2.45, 2.75) is 12.8 Å². The SMILES string of the molecule is Cc1ccccc1-c1cc(C2C=NN=C2)c(N)nn1. The normalized spacial score (nSPS) is 14.2. The fourth-order valence-electron chi connectivity index (χ4n) is 2.09. The third-order valence-corrected chi connectivity index (χ3v) is 3.15. The Labute approximate surface area is 110 Å². The lowest BCUT2D eigenvalue weighted by atomic mass is 9.99. The summed E-state index contributed by atoms with van der Waals surface area (Å²) in [7, 11) is 0. The number of aryl methyl sites for hydroxylation is 1. The molecule has 5 nitrogen and oxygen atoms in total. The van der Waals surface area contributed by atoms with Crippen molar-refractivity contribution in [1.29, 1.82) is 0 Å². The zero-order valence-corrected chi connectivity index (χ0v) is 10.5. The van der Waals surface area contributed by atoms with Gasteiger partial charge in [0.25, 0.3) is 0 Å². The summed E-state index contributed by atoms with van der Waals surface area (Å²) in [6, 6.07) is 10.0. The first kappa shape index (κ1) is 11.5. The highest BCUT2D eigenvalue weighted by Crippen LogP contribution is 2.26. The molecule has 3 rings (SSSR count). The van der Waals surface area contributed by atoms with Crippen LogP contribution in [0.5, 0.6) is 0 Å². The van der Waals surface area contributed by atoms with Crippen molar-refractivity contribution in [2.24, 2.45) is 10.2 Å². The molecule has 0 unspecified atom stereocenters. The van der Waals surface area contributed by atoms with Gasteiger partial charge in [0.15, 0.2) is 0 Å². The Morgan fingerprint density at radius 2 is 1.79 bits per heavy atom. The number of anilines is 1. The summed E-state index contributed by atoms with van der Waals surface area (Å²) < 4.78 is 0. The molecule has 1 aliphatic rings. The minimum absolute atomic E-state index is 0.0155. The first-order valence-electron chi connectivity index (χ1n) is 6.01. The minimum Gasteiger partial charge on any atom is -0.382 e. The lowest BCUT2D eigenvalue weighted by molar-refractivity contribution is 1.02. The average Bonchev–Trinajstić information content (AvgIpc) is 2.94. The van der Waals surface area contributed by atoms with E-state index in [1.165, 1.54) is 0 Å². The van der Waals surface area contributed by atoms with Crippen LogP contribution in [0, 0.1) is 6.92 Å². The maximum Gasteiger partial charge on any atom is 0.150 e. The van der Waals surface area contributed by atoms with Gasteiger partial charge in [-0.3, -0.25) is 0 Å². The van der Waals surface area contributed by atoms with E-state index in [1.807, 2.05) is 37.3 Å². The van der Waals surface area contributed by atoms with Gasteiger partial charge < -0.3 is 5.73 Å². The van der Waals surface area contributed by atoms with E-state index in [0.29, 0.717) is 5.82 Å². The van der Waals surface area contributed by atoms with Crippen LogP contribution in [0.3, 0.4) is 0 Å². The van der Waals surface area contributed by atoms with Crippen molar-refractivity contribution < 1.29 is 0 Å². The highest BCUT2D eigenvalue weighted by Gasteiger charge is 2.16. The van der Waals surface area contributed by atoms with Crippen molar-refractivity contribution in [2.75, 3.05) is 5.73 Å². The molecule has 0 radical (unpaired) electrons. The Balaban J connectivity index is 2.09. The van der Waals surface area contributed by atoms with Gasteiger partial charge in [-0.2, -0.15) is 10.2 Å². The van der Waals surface area contributed by atoms with Crippen LogP contribution in [0.4, 0.5) is 5.82 Å². The highest BCUT2D eigenvalue weighted by molar-refractivity contribution is 5.94. The van der Waals surface area contributed by atoms with E-state index in [4.69, 9.17) is 5.73 Å². The summed E-state index contributed by atoms with van der Waals surface area (Å²) in [6.07, 6.45) is 3.49. The molecule has 2 heterocycles. The molecular weight excluding hydrogens is 238 g/mol. The first-order chi connectivity index (χ1) is 9.25. The number of hydrogen-bond donors (Lipinski definition) is 1. The van der Waals surface area contributed by atoms with Crippen LogP contribution in [0.25, 0.3) is 11.3 Å². The molecule has 0 aliphatic carbocycles. The van der Waals surface area contributed by atoms with E-state index in [0.717, 1.165) is 22.4 Å². The summed E-state index contributed by atoms with van der Waals surface area (Å²) >= 11 is 0. The molecule has 19 heavy (non-hydrogen) atoms. The van der Waals surface area contributed by atoms with Crippen molar-refractivity contribution >= 4 is 18.2 Å². The molecule has 0 spiro atoms. The van der Waals surface area contributed by atoms with E-state index in [-0.39, 0.29) is 5.92 Å². The van der Waals surface area contributed by atoms with Crippen LogP contribution < -0.4 is 5.73 Å². The first-order valence-corrected chi connectivity index (χ1v) is 6.01. The van der Waals surface area contributed by atoms with Crippen molar-refractivity contribution in [3.8, 4) is 11.3 Å². The maximum atomic E-state index is 5.89. The third-order valence-electron chi connectivity index (χ3n) is 3.15. The smallest absolute Gasteiger partial charge is 0.150 e. The van der Waals surface area contributed by atoms with Crippen LogP contribution in [-0.2, 0) is 0 Å². The molecule has 1 aromatic carbocycles. The molecule has 1 aromatic heterocycles. The van der Waals surface area contributed by atoms with Crippen LogP contribution in [0.15, 0.2) is 40.5 Å². The molecule has 1 aliphatic heterocycles. The second-order valence-corrected chi connectivity index (χ2v) is 4.44. The molecule has 0 saturated carbocycles. The van der Waals surface area contributed by atoms with Crippen molar-refractivity contribution in [3.63, 3.8) is 0 Å². The third kappa shape index (κ3) is 2.10. The summed E-state index contributed by atoms with van der Waals surface area (Å²) in [4.78, 5) is 0. The summed E-state index contributed by atoms with van der Waals surface area (Å²) in [6.45, 7) is 2.05. The Morgan fingerprint density at radius 1 is 1.05 bits per heavy atom.